The molecule has 0 amide bonds. The van der Waals surface area contributed by atoms with Crippen LogP contribution in [-0.2, 0) is 10.6 Å². The van der Waals surface area contributed by atoms with Crippen molar-refractivity contribution in [3.8, 4) is 0 Å². The zero-order chi connectivity index (χ0) is 10.2. The molecule has 15 heavy (non-hydrogen) atoms. The summed E-state index contributed by atoms with van der Waals surface area (Å²) in [6, 6.07) is 10.4. The van der Waals surface area contributed by atoms with Gasteiger partial charge in [-0.25, -0.2) is 0 Å². The molecule has 1 rings (SSSR count). The van der Waals surface area contributed by atoms with Gasteiger partial charge in [0.05, 0.1) is 6.61 Å². The Balaban J connectivity index is 0.00000196. The Morgan fingerprint density at radius 3 is 2.40 bits per heavy atom. The second kappa shape index (κ2) is 9.04. The summed E-state index contributed by atoms with van der Waals surface area (Å²) in [7, 11) is 0. The van der Waals surface area contributed by atoms with Crippen LogP contribution >= 0.6 is 24.4 Å². The minimum absolute atomic E-state index is 0. The number of hydrogen-bond donors (Lipinski definition) is 0. The Bertz CT molecular complexity index is 246. The third-order valence-electron chi connectivity index (χ3n) is 1.75. The average Bonchev–Trinajstić information content (AvgIpc) is 2.25. The van der Waals surface area contributed by atoms with Gasteiger partial charge in [-0.1, -0.05) is 30.3 Å². The van der Waals surface area contributed by atoms with Gasteiger partial charge < -0.3 is 0 Å². The largest absolute Gasteiger partial charge is 0.289 e. The number of halogens is 1. The predicted octanol–water partition coefficient (Wildman–Crippen LogP) is 3.53. The van der Waals surface area contributed by atoms with Crippen LogP contribution in [0.1, 0.15) is 19.4 Å². The molecule has 0 saturated carbocycles. The molecule has 0 aromatic heterocycles. The fraction of sp³-hybridized carbons (Fsp3) is 0.455. The van der Waals surface area contributed by atoms with Crippen molar-refractivity contribution in [2.24, 2.45) is 0 Å². The van der Waals surface area contributed by atoms with E-state index >= 15 is 0 Å². The minimum Gasteiger partial charge on any atom is -0.289 e. The fourth-order valence-electron chi connectivity index (χ4n) is 1.08. The summed E-state index contributed by atoms with van der Waals surface area (Å²) in [6.45, 7) is 5.74. The summed E-state index contributed by atoms with van der Waals surface area (Å²) in [6.07, 6.45) is 0. The van der Waals surface area contributed by atoms with Crippen molar-refractivity contribution in [2.45, 2.75) is 19.6 Å². The third kappa shape index (κ3) is 6.05. The molecule has 4 heteroatoms. The molecule has 0 spiro atoms. The lowest BCUT2D eigenvalue weighted by atomic mass is 10.2. The van der Waals surface area contributed by atoms with E-state index in [0.29, 0.717) is 0 Å². The summed E-state index contributed by atoms with van der Waals surface area (Å²) >= 11 is 1.71. The third-order valence-corrected chi connectivity index (χ3v) is 2.86. The van der Waals surface area contributed by atoms with Gasteiger partial charge in [0.2, 0.25) is 0 Å². The molecule has 0 heterocycles. The van der Waals surface area contributed by atoms with E-state index in [1.54, 1.807) is 11.9 Å². The highest BCUT2D eigenvalue weighted by Crippen LogP contribution is 2.16. The molecular weight excluding hydrogens is 230 g/mol. The van der Waals surface area contributed by atoms with Crippen LogP contribution in [0.15, 0.2) is 30.3 Å². The van der Waals surface area contributed by atoms with Crippen LogP contribution in [0.3, 0.4) is 0 Å². The van der Waals surface area contributed by atoms with Crippen molar-refractivity contribution in [1.29, 1.82) is 0 Å². The number of hydrogen-bond acceptors (Lipinski definition) is 3. The lowest BCUT2D eigenvalue weighted by Gasteiger charge is -2.17. The van der Waals surface area contributed by atoms with Crippen LogP contribution in [0.5, 0.6) is 0 Å². The van der Waals surface area contributed by atoms with E-state index < -0.39 is 0 Å². The van der Waals surface area contributed by atoms with Crippen LogP contribution in [0.2, 0.25) is 0 Å². The Hall–Kier alpha value is -0.220. The number of benzene rings is 1. The van der Waals surface area contributed by atoms with Crippen molar-refractivity contribution >= 4 is 24.4 Å². The molecule has 0 fully saturated rings. The van der Waals surface area contributed by atoms with Crippen molar-refractivity contribution in [2.75, 3.05) is 13.2 Å². The normalized spacial score (nSPS) is 10.1. The SMILES string of the molecule is CCON(CC)SCc1ccccc1.Cl. The molecule has 1 aromatic rings. The van der Waals surface area contributed by atoms with Gasteiger partial charge in [0.25, 0.3) is 0 Å². The number of nitrogens with zero attached hydrogens (tertiary/aromatic N) is 1. The van der Waals surface area contributed by atoms with E-state index in [4.69, 9.17) is 4.84 Å². The molecule has 0 radical (unpaired) electrons. The zero-order valence-electron chi connectivity index (χ0n) is 9.18. The molecule has 0 aliphatic carbocycles. The van der Waals surface area contributed by atoms with E-state index in [-0.39, 0.29) is 12.4 Å². The van der Waals surface area contributed by atoms with E-state index in [2.05, 4.69) is 31.2 Å². The van der Waals surface area contributed by atoms with Gasteiger partial charge >= 0.3 is 0 Å². The van der Waals surface area contributed by atoms with E-state index in [1.807, 2.05) is 17.5 Å². The first-order valence-electron chi connectivity index (χ1n) is 4.94. The molecular formula is C11H18ClNOS. The highest BCUT2D eigenvalue weighted by Gasteiger charge is 2.02. The molecule has 2 nitrogen and oxygen atoms in total. The standard InChI is InChI=1S/C11H17NOS.ClH/c1-3-12(13-4-2)14-10-11-8-6-5-7-9-11;/h5-9H,3-4,10H2,1-2H3;1H. The van der Waals surface area contributed by atoms with E-state index in [0.717, 1.165) is 18.9 Å². The maximum atomic E-state index is 5.41. The second-order valence-electron chi connectivity index (χ2n) is 2.83. The summed E-state index contributed by atoms with van der Waals surface area (Å²) in [5.41, 5.74) is 1.33. The van der Waals surface area contributed by atoms with Crippen LogP contribution < -0.4 is 0 Å². The Morgan fingerprint density at radius 1 is 1.20 bits per heavy atom. The molecule has 0 saturated heterocycles. The first-order chi connectivity index (χ1) is 6.86. The average molecular weight is 248 g/mol. The van der Waals surface area contributed by atoms with Gasteiger partial charge in [-0.3, -0.25) is 4.84 Å². The van der Waals surface area contributed by atoms with Gasteiger partial charge in [-0.2, -0.15) is 0 Å². The molecule has 86 valence electrons. The van der Waals surface area contributed by atoms with Gasteiger partial charge in [0, 0.05) is 12.3 Å². The van der Waals surface area contributed by atoms with E-state index in [9.17, 15) is 0 Å². The summed E-state index contributed by atoms with van der Waals surface area (Å²) in [5.74, 6) is 0.967. The van der Waals surface area contributed by atoms with Gasteiger partial charge in [0.1, 0.15) is 0 Å². The molecule has 0 unspecified atom stereocenters. The van der Waals surface area contributed by atoms with Crippen molar-refractivity contribution < 1.29 is 4.84 Å². The van der Waals surface area contributed by atoms with Crippen molar-refractivity contribution in [3.63, 3.8) is 0 Å². The quantitative estimate of drug-likeness (QED) is 0.564. The highest BCUT2D eigenvalue weighted by atomic mass is 35.5. The summed E-state index contributed by atoms with van der Waals surface area (Å²) < 4.78 is 1.92. The van der Waals surface area contributed by atoms with Gasteiger partial charge in [-0.15, -0.1) is 16.9 Å². The maximum Gasteiger partial charge on any atom is 0.0667 e. The van der Waals surface area contributed by atoms with Crippen LogP contribution in [0.25, 0.3) is 0 Å². The number of rotatable bonds is 6. The second-order valence-corrected chi connectivity index (χ2v) is 3.78. The van der Waals surface area contributed by atoms with Gasteiger partial charge in [0.15, 0.2) is 0 Å². The smallest absolute Gasteiger partial charge is 0.0667 e. The van der Waals surface area contributed by atoms with Crippen molar-refractivity contribution in [1.82, 2.24) is 4.47 Å². The van der Waals surface area contributed by atoms with Crippen molar-refractivity contribution in [3.05, 3.63) is 35.9 Å². The molecule has 0 aliphatic rings. The molecule has 0 N–H and O–H groups in total. The predicted molar refractivity (Wildman–Crippen MR) is 69.0 cm³/mol. The maximum absolute atomic E-state index is 5.41. The monoisotopic (exact) mass is 247 g/mol. The lowest BCUT2D eigenvalue weighted by molar-refractivity contribution is -0.0646. The number of hydroxylamine groups is 1. The van der Waals surface area contributed by atoms with Crippen LogP contribution in [0.4, 0.5) is 0 Å². The van der Waals surface area contributed by atoms with Crippen LogP contribution in [0, 0.1) is 0 Å². The molecule has 0 atom stereocenters. The summed E-state index contributed by atoms with van der Waals surface area (Å²) in [5, 5.41) is 0. The first-order valence-corrected chi connectivity index (χ1v) is 5.88. The first kappa shape index (κ1) is 14.8. The topological polar surface area (TPSA) is 12.5 Å². The Labute approximate surface area is 102 Å². The van der Waals surface area contributed by atoms with Gasteiger partial charge in [-0.05, 0) is 31.4 Å². The Kier molecular flexibility index (Phi) is 8.91. The lowest BCUT2D eigenvalue weighted by Crippen LogP contribution is -2.15. The minimum atomic E-state index is 0. The molecule has 0 bridgehead atoms. The zero-order valence-corrected chi connectivity index (χ0v) is 10.8. The molecule has 1 aromatic carbocycles. The Morgan fingerprint density at radius 2 is 1.87 bits per heavy atom. The van der Waals surface area contributed by atoms with Crippen LogP contribution in [-0.4, -0.2) is 17.6 Å². The molecule has 0 aliphatic heterocycles. The highest BCUT2D eigenvalue weighted by molar-refractivity contribution is 7.96. The summed E-state index contributed by atoms with van der Waals surface area (Å²) in [4.78, 5) is 5.41. The fourth-order valence-corrected chi connectivity index (χ4v) is 1.93. The van der Waals surface area contributed by atoms with E-state index in [1.165, 1.54) is 5.56 Å².